The number of aromatic nitrogens is 1. The van der Waals surface area contributed by atoms with Gasteiger partial charge in [0.15, 0.2) is 0 Å². The molecule has 0 spiro atoms. The van der Waals surface area contributed by atoms with Crippen LogP contribution in [0.25, 0.3) is 10.9 Å². The maximum Gasteiger partial charge on any atom is 0.336 e. The normalized spacial score (nSPS) is 22.5. The maximum atomic E-state index is 11.2. The number of carboxylic acid groups (broad SMARTS) is 1. The van der Waals surface area contributed by atoms with Crippen molar-refractivity contribution in [1.82, 2.24) is 4.98 Å². The summed E-state index contributed by atoms with van der Waals surface area (Å²) < 4.78 is 5.73. The van der Waals surface area contributed by atoms with E-state index in [9.17, 15) is 9.90 Å². The third-order valence-electron chi connectivity index (χ3n) is 3.69. The molecule has 1 aromatic heterocycles. The molecular formula is C16H18N2O3. The van der Waals surface area contributed by atoms with Gasteiger partial charge in [-0.15, -0.1) is 0 Å². The second kappa shape index (κ2) is 5.33. The van der Waals surface area contributed by atoms with Gasteiger partial charge in [0, 0.05) is 18.5 Å². The quantitative estimate of drug-likeness (QED) is 0.919. The lowest BCUT2D eigenvalue weighted by Crippen LogP contribution is -2.45. The second-order valence-corrected chi connectivity index (χ2v) is 5.51. The zero-order valence-electron chi connectivity index (χ0n) is 12.1. The molecule has 0 unspecified atom stereocenters. The van der Waals surface area contributed by atoms with Gasteiger partial charge >= 0.3 is 5.97 Å². The first-order valence-corrected chi connectivity index (χ1v) is 7.08. The Hall–Kier alpha value is -2.14. The maximum absolute atomic E-state index is 11.2. The Morgan fingerprint density at radius 2 is 1.95 bits per heavy atom. The fourth-order valence-corrected chi connectivity index (χ4v) is 2.87. The zero-order chi connectivity index (χ0) is 15.0. The number of fused-ring (bicyclic) bond motifs is 1. The van der Waals surface area contributed by atoms with E-state index in [1.54, 1.807) is 12.1 Å². The van der Waals surface area contributed by atoms with Crippen LogP contribution in [0, 0.1) is 0 Å². The predicted molar refractivity (Wildman–Crippen MR) is 80.9 cm³/mol. The van der Waals surface area contributed by atoms with Crippen LogP contribution in [-0.2, 0) is 4.74 Å². The molecule has 0 bridgehead atoms. The van der Waals surface area contributed by atoms with Crippen LogP contribution in [0.2, 0.25) is 0 Å². The molecule has 5 nitrogen and oxygen atoms in total. The van der Waals surface area contributed by atoms with Gasteiger partial charge in [-0.1, -0.05) is 6.07 Å². The minimum absolute atomic E-state index is 0.164. The van der Waals surface area contributed by atoms with Crippen molar-refractivity contribution in [1.29, 1.82) is 0 Å². The van der Waals surface area contributed by atoms with Gasteiger partial charge < -0.3 is 14.7 Å². The van der Waals surface area contributed by atoms with Crippen molar-refractivity contribution < 1.29 is 14.6 Å². The van der Waals surface area contributed by atoms with Gasteiger partial charge in [-0.3, -0.25) is 0 Å². The third-order valence-corrected chi connectivity index (χ3v) is 3.69. The van der Waals surface area contributed by atoms with Gasteiger partial charge in [-0.25, -0.2) is 9.78 Å². The van der Waals surface area contributed by atoms with Crippen LogP contribution in [0.1, 0.15) is 24.2 Å². The number of aromatic carboxylic acids is 1. The molecule has 2 heterocycles. The fraction of sp³-hybridized carbons (Fsp3) is 0.375. The molecule has 1 fully saturated rings. The van der Waals surface area contributed by atoms with Crippen LogP contribution in [-0.4, -0.2) is 41.4 Å². The Morgan fingerprint density at radius 1 is 1.24 bits per heavy atom. The number of nitrogens with zero attached hydrogens (tertiary/aromatic N) is 2. The number of carboxylic acids is 1. The standard InChI is InChI=1S/C16H18N2O3/c1-10-8-18(9-11(2)21-10)15-7-6-12-13(16(19)20)4-3-5-14(12)17-15/h3-7,10-11H,8-9H2,1-2H3,(H,19,20)/t10-,11+. The highest BCUT2D eigenvalue weighted by Gasteiger charge is 2.23. The molecule has 1 saturated heterocycles. The van der Waals surface area contributed by atoms with Crippen molar-refractivity contribution in [2.75, 3.05) is 18.0 Å². The summed E-state index contributed by atoms with van der Waals surface area (Å²) in [6.45, 7) is 5.68. The number of benzene rings is 1. The van der Waals surface area contributed by atoms with Crippen LogP contribution < -0.4 is 4.90 Å². The van der Waals surface area contributed by atoms with Crippen LogP contribution in [0.15, 0.2) is 30.3 Å². The Morgan fingerprint density at radius 3 is 2.62 bits per heavy atom. The number of carbonyl (C=O) groups is 1. The minimum atomic E-state index is -0.927. The molecule has 0 aliphatic carbocycles. The van der Waals surface area contributed by atoms with Crippen molar-refractivity contribution in [2.24, 2.45) is 0 Å². The average Bonchev–Trinajstić information content (AvgIpc) is 2.44. The molecule has 1 aromatic carbocycles. The average molecular weight is 286 g/mol. The Kier molecular flexibility index (Phi) is 3.51. The van der Waals surface area contributed by atoms with Crippen molar-refractivity contribution in [3.05, 3.63) is 35.9 Å². The summed E-state index contributed by atoms with van der Waals surface area (Å²) in [5.41, 5.74) is 0.995. The summed E-state index contributed by atoms with van der Waals surface area (Å²) in [5, 5.41) is 9.89. The van der Waals surface area contributed by atoms with Gasteiger partial charge in [0.2, 0.25) is 0 Å². The highest BCUT2D eigenvalue weighted by Crippen LogP contribution is 2.23. The van der Waals surface area contributed by atoms with E-state index in [1.807, 2.05) is 32.0 Å². The van der Waals surface area contributed by atoms with Gasteiger partial charge in [0.25, 0.3) is 0 Å². The Labute approximate surface area is 123 Å². The van der Waals surface area contributed by atoms with E-state index in [-0.39, 0.29) is 17.8 Å². The molecule has 3 rings (SSSR count). The Bertz CT molecular complexity index is 676. The first-order chi connectivity index (χ1) is 10.0. The van der Waals surface area contributed by atoms with E-state index in [0.717, 1.165) is 18.9 Å². The van der Waals surface area contributed by atoms with Gasteiger partial charge in [-0.2, -0.15) is 0 Å². The molecule has 0 amide bonds. The smallest absolute Gasteiger partial charge is 0.336 e. The van der Waals surface area contributed by atoms with Crippen molar-refractivity contribution in [3.63, 3.8) is 0 Å². The molecule has 2 aromatic rings. The number of pyridine rings is 1. The molecule has 5 heteroatoms. The van der Waals surface area contributed by atoms with E-state index < -0.39 is 5.97 Å². The molecule has 1 aliphatic heterocycles. The zero-order valence-corrected chi connectivity index (χ0v) is 12.1. The summed E-state index contributed by atoms with van der Waals surface area (Å²) in [7, 11) is 0. The monoisotopic (exact) mass is 286 g/mol. The number of ether oxygens (including phenoxy) is 1. The molecule has 21 heavy (non-hydrogen) atoms. The van der Waals surface area contributed by atoms with Gasteiger partial charge in [0.1, 0.15) is 5.82 Å². The first-order valence-electron chi connectivity index (χ1n) is 7.08. The Balaban J connectivity index is 2.00. The molecule has 110 valence electrons. The molecule has 0 saturated carbocycles. The van der Waals surface area contributed by atoms with Crippen molar-refractivity contribution in [3.8, 4) is 0 Å². The molecule has 1 aliphatic rings. The number of anilines is 1. The van der Waals surface area contributed by atoms with Crippen LogP contribution in [0.5, 0.6) is 0 Å². The van der Waals surface area contributed by atoms with Crippen molar-refractivity contribution in [2.45, 2.75) is 26.1 Å². The second-order valence-electron chi connectivity index (χ2n) is 5.51. The van der Waals surface area contributed by atoms with Gasteiger partial charge in [-0.05, 0) is 38.1 Å². The van der Waals surface area contributed by atoms with Crippen molar-refractivity contribution >= 4 is 22.7 Å². The highest BCUT2D eigenvalue weighted by atomic mass is 16.5. The molecular weight excluding hydrogens is 268 g/mol. The summed E-state index contributed by atoms with van der Waals surface area (Å²) in [6, 6.07) is 8.90. The SMILES string of the molecule is C[C@@H]1CN(c2ccc3c(C(=O)O)cccc3n2)C[C@H](C)O1. The minimum Gasteiger partial charge on any atom is -0.478 e. The third kappa shape index (κ3) is 2.69. The molecule has 0 radical (unpaired) electrons. The van der Waals surface area contributed by atoms with E-state index in [1.165, 1.54) is 0 Å². The van der Waals surface area contributed by atoms with Crippen LogP contribution in [0.3, 0.4) is 0 Å². The van der Waals surface area contributed by atoms with Crippen LogP contribution in [0.4, 0.5) is 5.82 Å². The topological polar surface area (TPSA) is 62.7 Å². The fourth-order valence-electron chi connectivity index (χ4n) is 2.87. The number of hydrogen-bond acceptors (Lipinski definition) is 4. The largest absolute Gasteiger partial charge is 0.478 e. The first kappa shape index (κ1) is 13.8. The van der Waals surface area contributed by atoms with E-state index in [2.05, 4.69) is 9.88 Å². The molecule has 1 N–H and O–H groups in total. The highest BCUT2D eigenvalue weighted by molar-refractivity contribution is 6.02. The number of hydrogen-bond donors (Lipinski definition) is 1. The van der Waals surface area contributed by atoms with E-state index >= 15 is 0 Å². The van der Waals surface area contributed by atoms with E-state index in [4.69, 9.17) is 4.74 Å². The lowest BCUT2D eigenvalue weighted by Gasteiger charge is -2.36. The number of morpholine rings is 1. The number of rotatable bonds is 2. The summed E-state index contributed by atoms with van der Waals surface area (Å²) in [6.07, 6.45) is 0.327. The van der Waals surface area contributed by atoms with Crippen LogP contribution >= 0.6 is 0 Å². The van der Waals surface area contributed by atoms with Gasteiger partial charge in [0.05, 0.1) is 23.3 Å². The summed E-state index contributed by atoms with van der Waals surface area (Å²) in [5.74, 6) is -0.0594. The predicted octanol–water partition coefficient (Wildman–Crippen LogP) is 2.55. The lowest BCUT2D eigenvalue weighted by molar-refractivity contribution is -0.00544. The lowest BCUT2D eigenvalue weighted by atomic mass is 10.1. The summed E-state index contributed by atoms with van der Waals surface area (Å²) >= 11 is 0. The summed E-state index contributed by atoms with van der Waals surface area (Å²) in [4.78, 5) is 18.0. The van der Waals surface area contributed by atoms with E-state index in [0.29, 0.717) is 10.9 Å². The molecule has 2 atom stereocenters.